The number of phosphoric acid groups is 3. The molecule has 1 saturated carbocycles. The molecule has 0 amide bonds. The third kappa shape index (κ3) is 1.23. The number of hydrogen-bond donors (Lipinski definition) is 3. The van der Waals surface area contributed by atoms with E-state index < -0.39 is 58.2 Å². The molecule has 3 spiro atoms. The zero-order valence-electron chi connectivity index (χ0n) is 11.8. The number of fused-ring (bicyclic) bond motifs is 5. The lowest BCUT2D eigenvalue weighted by Crippen LogP contribution is -2.95. The molecule has 6 aliphatic heterocycles. The Balaban J connectivity index is 1.67. The van der Waals surface area contributed by atoms with Crippen molar-refractivity contribution in [2.24, 2.45) is 0 Å². The van der Waals surface area contributed by atoms with Crippen LogP contribution in [0.5, 0.6) is 0 Å². The summed E-state index contributed by atoms with van der Waals surface area (Å²) in [7, 11) is -14.9. The summed E-state index contributed by atoms with van der Waals surface area (Å²) in [4.78, 5) is 14.2. The highest BCUT2D eigenvalue weighted by molar-refractivity contribution is 7.50. The molecule has 21 heteroatoms. The minimum Gasteiger partial charge on any atom is -0.356 e. The predicted octanol–water partition coefficient (Wildman–Crippen LogP) is -1.50. The molecule has 3 unspecified atom stereocenters. The molecular weight excluding hydrogens is 453 g/mol. The molecule has 3 N–H and O–H groups in total. The zero-order valence-corrected chi connectivity index (χ0v) is 14.5. The molecule has 0 aromatic rings. The maximum Gasteiger partial charge on any atom is 0.557 e. The van der Waals surface area contributed by atoms with Gasteiger partial charge in [-0.15, -0.1) is 14.0 Å². The Kier molecular flexibility index (Phi) is 2.35. The zero-order chi connectivity index (χ0) is 19.0. The Morgan fingerprint density at radius 3 is 1.33 bits per heavy atom. The van der Waals surface area contributed by atoms with Gasteiger partial charge in [0.05, 0.1) is 0 Å². The normalized spacial score (nSPS) is 75.2. The van der Waals surface area contributed by atoms with Gasteiger partial charge in [-0.1, -0.05) is 0 Å². The van der Waals surface area contributed by atoms with E-state index in [4.69, 9.17) is 37.3 Å². The first-order chi connectivity index (χ1) is 12.4. The second-order valence-corrected chi connectivity index (χ2v) is 10.4. The summed E-state index contributed by atoms with van der Waals surface area (Å²) in [5.74, 6) is -20.8. The van der Waals surface area contributed by atoms with E-state index in [1.54, 1.807) is 0 Å². The SMILES string of the molecule is O=P12OO[C@]34OP5(=O)O[C@](O)([C@@]3(O)O5)[C@@]3(O)OP5(=O)O[C@@]3(OO1)[C@]4(OO2)O5. The summed E-state index contributed by atoms with van der Waals surface area (Å²) in [5.41, 5.74) is 0. The van der Waals surface area contributed by atoms with Gasteiger partial charge >= 0.3 is 52.4 Å². The second kappa shape index (κ2) is 3.76. The summed E-state index contributed by atoms with van der Waals surface area (Å²) in [6.07, 6.45) is 0. The summed E-state index contributed by atoms with van der Waals surface area (Å²) in [6, 6.07) is 0. The van der Waals surface area contributed by atoms with Crippen LogP contribution in [0.1, 0.15) is 0 Å². The van der Waals surface area contributed by atoms with E-state index in [1.807, 2.05) is 0 Å². The molecule has 9 atom stereocenters. The Hall–Kier alpha value is 0.0900. The minimum atomic E-state index is -4.97. The van der Waals surface area contributed by atoms with Crippen LogP contribution in [0, 0.1) is 0 Å². The number of hydrogen-bond acceptors (Lipinski definition) is 18. The average Bonchev–Trinajstić information content (AvgIpc) is 3.06. The van der Waals surface area contributed by atoms with E-state index in [9.17, 15) is 29.0 Å². The van der Waals surface area contributed by atoms with Gasteiger partial charge in [0.15, 0.2) is 0 Å². The monoisotopic (exact) mass is 456 g/mol. The van der Waals surface area contributed by atoms with Gasteiger partial charge in [-0.3, -0.25) is 0 Å². The third-order valence-electron chi connectivity index (χ3n) is 4.87. The quantitative estimate of drug-likeness (QED) is 0.279. The van der Waals surface area contributed by atoms with Crippen LogP contribution in [0.2, 0.25) is 0 Å². The Morgan fingerprint density at radius 1 is 0.481 bits per heavy atom. The summed E-state index contributed by atoms with van der Waals surface area (Å²) >= 11 is 0. The third-order valence-corrected chi connectivity index (χ3v) is 8.54. The van der Waals surface area contributed by atoms with Crippen molar-refractivity contribution in [3.63, 3.8) is 0 Å². The van der Waals surface area contributed by atoms with E-state index in [1.165, 1.54) is 0 Å². The van der Waals surface area contributed by atoms with E-state index in [-0.39, 0.29) is 0 Å². The van der Waals surface area contributed by atoms with Crippen LogP contribution in [-0.4, -0.2) is 50.0 Å². The lowest BCUT2D eigenvalue weighted by atomic mass is 9.69. The smallest absolute Gasteiger partial charge is 0.356 e. The molecule has 150 valence electrons. The molecule has 0 radical (unpaired) electrons. The highest BCUT2D eigenvalue weighted by Crippen LogP contribution is 2.92. The molecule has 6 heterocycles. The Morgan fingerprint density at radius 2 is 0.852 bits per heavy atom. The van der Waals surface area contributed by atoms with Gasteiger partial charge in [0.25, 0.3) is 5.79 Å². The predicted molar refractivity (Wildman–Crippen MR) is 58.9 cm³/mol. The number of rotatable bonds is 0. The second-order valence-electron chi connectivity index (χ2n) is 6.14. The molecular formula is C6H3O18P3. The first kappa shape index (κ1) is 16.8. The van der Waals surface area contributed by atoms with Crippen molar-refractivity contribution in [1.29, 1.82) is 0 Å². The van der Waals surface area contributed by atoms with Gasteiger partial charge in [0.2, 0.25) is 0 Å². The van der Waals surface area contributed by atoms with E-state index in [2.05, 4.69) is 18.5 Å². The van der Waals surface area contributed by atoms with Crippen molar-refractivity contribution in [1.82, 2.24) is 0 Å². The highest BCUT2D eigenvalue weighted by atomic mass is 31.2. The maximum atomic E-state index is 12.7. The number of aliphatic hydroxyl groups is 3. The molecule has 0 aromatic carbocycles. The van der Waals surface area contributed by atoms with Crippen LogP contribution < -0.4 is 0 Å². The molecule has 7 aliphatic rings. The van der Waals surface area contributed by atoms with Gasteiger partial charge in [-0.05, 0) is 0 Å². The lowest BCUT2D eigenvalue weighted by Gasteiger charge is -2.61. The Bertz CT molecular complexity index is 996. The Labute approximate surface area is 144 Å². The van der Waals surface area contributed by atoms with Crippen LogP contribution in [0.25, 0.3) is 0 Å². The molecule has 7 fully saturated rings. The maximum absolute atomic E-state index is 12.7. The fraction of sp³-hybridized carbons (Fsp3) is 1.00. The summed E-state index contributed by atoms with van der Waals surface area (Å²) < 4.78 is 79.4. The largest absolute Gasteiger partial charge is 0.557 e. The topological polar surface area (TPSA) is 223 Å². The van der Waals surface area contributed by atoms with E-state index in [0.717, 1.165) is 0 Å². The molecule has 0 aromatic heterocycles. The highest BCUT2D eigenvalue weighted by Gasteiger charge is 3.13. The lowest BCUT2D eigenvalue weighted by molar-refractivity contribution is -0.651. The molecule has 7 rings (SSSR count). The van der Waals surface area contributed by atoms with Crippen molar-refractivity contribution < 1.29 is 84.8 Å². The van der Waals surface area contributed by atoms with Gasteiger partial charge < -0.3 is 15.3 Å². The minimum absolute atomic E-state index is 3.28. The van der Waals surface area contributed by atoms with Gasteiger partial charge in [-0.25, -0.2) is 40.8 Å². The van der Waals surface area contributed by atoms with Crippen molar-refractivity contribution in [2.45, 2.75) is 34.7 Å². The first-order valence-electron chi connectivity index (χ1n) is 6.70. The molecule has 6 saturated heterocycles. The van der Waals surface area contributed by atoms with Crippen molar-refractivity contribution in [3.8, 4) is 0 Å². The fourth-order valence-corrected chi connectivity index (χ4v) is 8.21. The summed E-state index contributed by atoms with van der Waals surface area (Å²) in [6.45, 7) is 0. The standard InChI is InChI=1S/C6H3O18P3/c7-1-2(8)4(19-25(10,16-1)17-2)6-5(3(1,9)18-26(11,20-5)21-6)14-23-27(12,22-13-4)24-15-6/h7-9H/t1-,2-,3-,4+,5-,6-,25?,26?,27?/m1/s1. The van der Waals surface area contributed by atoms with Crippen molar-refractivity contribution in [2.75, 3.05) is 0 Å². The van der Waals surface area contributed by atoms with Crippen LogP contribution in [0.3, 0.4) is 0 Å². The average molecular weight is 456 g/mol. The van der Waals surface area contributed by atoms with Gasteiger partial charge in [0, 0.05) is 0 Å². The van der Waals surface area contributed by atoms with Crippen molar-refractivity contribution in [3.05, 3.63) is 0 Å². The van der Waals surface area contributed by atoms with Crippen molar-refractivity contribution >= 4 is 23.5 Å². The van der Waals surface area contributed by atoms with E-state index in [0.29, 0.717) is 0 Å². The van der Waals surface area contributed by atoms with Crippen LogP contribution in [0.15, 0.2) is 0 Å². The molecule has 6 bridgehead atoms. The molecule has 1 aliphatic carbocycles. The fourth-order valence-electron chi connectivity index (χ4n) is 3.85. The molecule has 18 nitrogen and oxygen atoms in total. The van der Waals surface area contributed by atoms with Crippen LogP contribution in [-0.2, 0) is 69.5 Å². The van der Waals surface area contributed by atoms with Gasteiger partial charge in [0.1, 0.15) is 0 Å². The first-order valence-corrected chi connectivity index (χ1v) is 11.1. The van der Waals surface area contributed by atoms with Gasteiger partial charge in [-0.2, -0.15) is 14.7 Å². The summed E-state index contributed by atoms with van der Waals surface area (Å²) in [5, 5.41) is 32.9. The van der Waals surface area contributed by atoms with E-state index >= 15 is 0 Å². The number of phosphoric ester groups is 2. The van der Waals surface area contributed by atoms with Crippen LogP contribution in [0.4, 0.5) is 0 Å². The van der Waals surface area contributed by atoms with Crippen LogP contribution >= 0.6 is 23.5 Å². The molecule has 27 heavy (non-hydrogen) atoms.